The first-order valence-corrected chi connectivity index (χ1v) is 3.77. The fourth-order valence-electron chi connectivity index (χ4n) is 1.37. The first-order chi connectivity index (χ1) is 5.47. The smallest absolute Gasteiger partial charge is 0.198 e. The molecular formula is C7H9N5. The molecule has 2 aliphatic heterocycles. The number of nitrogens with zero attached hydrogens (tertiary/aromatic N) is 5. The van der Waals surface area contributed by atoms with Crippen LogP contribution in [0, 0.1) is 16.7 Å². The Morgan fingerprint density at radius 3 is 1.92 bits per heavy atom. The molecule has 0 spiro atoms. The second-order valence-electron chi connectivity index (χ2n) is 3.83. The summed E-state index contributed by atoms with van der Waals surface area (Å²) in [6.07, 6.45) is 0. The number of hydrogen-bond donors (Lipinski definition) is 0. The SMILES string of the molecule is CC(C)(C#N)C1(C2(C)N=N2)N=N1. The van der Waals surface area contributed by atoms with Crippen LogP contribution in [0.4, 0.5) is 0 Å². The van der Waals surface area contributed by atoms with E-state index in [1.807, 2.05) is 20.8 Å². The highest BCUT2D eigenvalue weighted by Gasteiger charge is 2.71. The van der Waals surface area contributed by atoms with Gasteiger partial charge in [-0.3, -0.25) is 0 Å². The zero-order valence-corrected chi connectivity index (χ0v) is 7.24. The third-order valence-corrected chi connectivity index (χ3v) is 2.51. The summed E-state index contributed by atoms with van der Waals surface area (Å²) in [5.41, 5.74) is -1.88. The molecule has 0 saturated heterocycles. The van der Waals surface area contributed by atoms with Gasteiger partial charge in [-0.1, -0.05) is 0 Å². The van der Waals surface area contributed by atoms with Gasteiger partial charge in [-0.15, -0.1) is 0 Å². The molecule has 0 atom stereocenters. The van der Waals surface area contributed by atoms with Crippen LogP contribution in [0.5, 0.6) is 0 Å². The minimum absolute atomic E-state index is 0.563. The molecule has 0 fully saturated rings. The number of hydrogen-bond acceptors (Lipinski definition) is 5. The van der Waals surface area contributed by atoms with Gasteiger partial charge in [0.25, 0.3) is 5.66 Å². The van der Waals surface area contributed by atoms with E-state index in [-0.39, 0.29) is 0 Å². The van der Waals surface area contributed by atoms with Gasteiger partial charge in [0.05, 0.1) is 6.07 Å². The van der Waals surface area contributed by atoms with Gasteiger partial charge in [0.2, 0.25) is 5.66 Å². The van der Waals surface area contributed by atoms with Gasteiger partial charge in [-0.2, -0.15) is 25.7 Å². The van der Waals surface area contributed by atoms with Crippen molar-refractivity contribution in [2.45, 2.75) is 32.1 Å². The summed E-state index contributed by atoms with van der Waals surface area (Å²) < 4.78 is 0. The predicted molar refractivity (Wildman–Crippen MR) is 40.2 cm³/mol. The molecule has 0 saturated carbocycles. The van der Waals surface area contributed by atoms with Crippen LogP contribution in [0.1, 0.15) is 20.8 Å². The van der Waals surface area contributed by atoms with Gasteiger partial charge in [0.1, 0.15) is 5.41 Å². The van der Waals surface area contributed by atoms with Crippen LogP contribution in [0.25, 0.3) is 0 Å². The second kappa shape index (κ2) is 1.56. The lowest BCUT2D eigenvalue weighted by Crippen LogP contribution is -2.43. The van der Waals surface area contributed by atoms with Crippen LogP contribution in [-0.2, 0) is 0 Å². The molecule has 2 rings (SSSR count). The summed E-state index contributed by atoms with van der Waals surface area (Å²) in [7, 11) is 0. The Morgan fingerprint density at radius 2 is 1.67 bits per heavy atom. The monoisotopic (exact) mass is 163 g/mol. The average Bonchev–Trinajstić information content (AvgIpc) is 2.79. The van der Waals surface area contributed by atoms with Crippen LogP contribution >= 0.6 is 0 Å². The van der Waals surface area contributed by atoms with Crippen LogP contribution in [0.15, 0.2) is 20.5 Å². The zero-order valence-electron chi connectivity index (χ0n) is 7.24. The molecule has 0 bridgehead atoms. The highest BCUT2D eigenvalue weighted by Crippen LogP contribution is 2.58. The first-order valence-electron chi connectivity index (χ1n) is 3.77. The van der Waals surface area contributed by atoms with Crippen molar-refractivity contribution < 1.29 is 0 Å². The van der Waals surface area contributed by atoms with Gasteiger partial charge >= 0.3 is 0 Å². The number of rotatable bonds is 2. The standard InChI is InChI=1S/C7H9N5/c1-5(2,4-8)7(11-12-7)6(3)9-10-6/h1-3H3. The van der Waals surface area contributed by atoms with E-state index < -0.39 is 16.7 Å². The predicted octanol–water partition coefficient (Wildman–Crippen LogP) is 1.88. The van der Waals surface area contributed by atoms with E-state index in [0.29, 0.717) is 0 Å². The largest absolute Gasteiger partial charge is 0.256 e. The Kier molecular flexibility index (Phi) is 0.952. The lowest BCUT2D eigenvalue weighted by Gasteiger charge is -2.24. The minimum Gasteiger partial charge on any atom is -0.198 e. The maximum absolute atomic E-state index is 8.91. The van der Waals surface area contributed by atoms with Gasteiger partial charge in [0.15, 0.2) is 0 Å². The van der Waals surface area contributed by atoms with Crippen LogP contribution in [0.3, 0.4) is 0 Å². The molecule has 2 heterocycles. The van der Waals surface area contributed by atoms with Crippen molar-refractivity contribution in [1.82, 2.24) is 0 Å². The van der Waals surface area contributed by atoms with Gasteiger partial charge in [-0.05, 0) is 20.8 Å². The molecule has 0 aromatic rings. The Labute approximate surface area is 70.2 Å². The molecule has 0 unspecified atom stereocenters. The molecular weight excluding hydrogens is 154 g/mol. The van der Waals surface area contributed by atoms with E-state index in [1.165, 1.54) is 0 Å². The van der Waals surface area contributed by atoms with Crippen LogP contribution < -0.4 is 0 Å². The highest BCUT2D eigenvalue weighted by molar-refractivity contribution is 5.26. The maximum Gasteiger partial charge on any atom is 0.256 e. The molecule has 0 radical (unpaired) electrons. The van der Waals surface area contributed by atoms with E-state index in [0.717, 1.165) is 0 Å². The summed E-state index contributed by atoms with van der Waals surface area (Å²) in [5, 5.41) is 24.5. The highest BCUT2D eigenvalue weighted by atomic mass is 15.6. The van der Waals surface area contributed by atoms with E-state index in [9.17, 15) is 0 Å². The van der Waals surface area contributed by atoms with Crippen molar-refractivity contribution in [3.63, 3.8) is 0 Å². The van der Waals surface area contributed by atoms with Crippen molar-refractivity contribution >= 4 is 0 Å². The van der Waals surface area contributed by atoms with Gasteiger partial charge in [0, 0.05) is 0 Å². The molecule has 5 heteroatoms. The van der Waals surface area contributed by atoms with E-state index in [4.69, 9.17) is 5.26 Å². The van der Waals surface area contributed by atoms with Crippen LogP contribution in [0.2, 0.25) is 0 Å². The quantitative estimate of drug-likeness (QED) is 0.612. The first kappa shape index (κ1) is 7.35. The fraction of sp³-hybridized carbons (Fsp3) is 0.857. The summed E-state index contributed by atoms with van der Waals surface area (Å²) in [6, 6.07) is 2.18. The molecule has 2 aliphatic rings. The third-order valence-electron chi connectivity index (χ3n) is 2.51. The van der Waals surface area contributed by atoms with Crippen molar-refractivity contribution in [1.29, 1.82) is 5.26 Å². The van der Waals surface area contributed by atoms with Gasteiger partial charge < -0.3 is 0 Å². The van der Waals surface area contributed by atoms with Crippen molar-refractivity contribution in [2.24, 2.45) is 25.9 Å². The Balaban J connectivity index is 2.30. The molecule has 0 aromatic heterocycles. The normalized spacial score (nSPS) is 26.5. The Bertz CT molecular complexity index is 320. The molecule has 62 valence electrons. The van der Waals surface area contributed by atoms with E-state index in [1.54, 1.807) is 0 Å². The summed E-state index contributed by atoms with van der Waals surface area (Å²) in [4.78, 5) is 0. The van der Waals surface area contributed by atoms with Gasteiger partial charge in [-0.25, -0.2) is 0 Å². The molecule has 0 N–H and O–H groups in total. The summed E-state index contributed by atoms with van der Waals surface area (Å²) >= 11 is 0. The van der Waals surface area contributed by atoms with Crippen molar-refractivity contribution in [3.05, 3.63) is 0 Å². The average molecular weight is 163 g/mol. The summed E-state index contributed by atoms with van der Waals surface area (Å²) in [6.45, 7) is 5.45. The Morgan fingerprint density at radius 1 is 1.17 bits per heavy atom. The molecule has 0 amide bonds. The lowest BCUT2D eigenvalue weighted by atomic mass is 9.77. The minimum atomic E-state index is -0.700. The van der Waals surface area contributed by atoms with Crippen LogP contribution in [-0.4, -0.2) is 11.3 Å². The molecule has 0 aromatic carbocycles. The molecule has 5 nitrogen and oxygen atoms in total. The zero-order chi connectivity index (χ0) is 9.04. The third kappa shape index (κ3) is 0.583. The van der Waals surface area contributed by atoms with E-state index >= 15 is 0 Å². The topological polar surface area (TPSA) is 73.2 Å². The Hall–Kier alpha value is -1.31. The second-order valence-corrected chi connectivity index (χ2v) is 3.83. The molecule has 12 heavy (non-hydrogen) atoms. The fourth-order valence-corrected chi connectivity index (χ4v) is 1.37. The van der Waals surface area contributed by atoms with Crippen molar-refractivity contribution in [2.75, 3.05) is 0 Å². The molecule has 0 aliphatic carbocycles. The number of nitriles is 1. The lowest BCUT2D eigenvalue weighted by molar-refractivity contribution is 0.264. The van der Waals surface area contributed by atoms with E-state index in [2.05, 4.69) is 26.5 Å². The maximum atomic E-state index is 8.91. The van der Waals surface area contributed by atoms with Crippen molar-refractivity contribution in [3.8, 4) is 6.07 Å². The summed E-state index contributed by atoms with van der Waals surface area (Å²) in [5.74, 6) is 0.